The van der Waals surface area contributed by atoms with Crippen LogP contribution in [0.3, 0.4) is 0 Å². The molecule has 4 heteroatoms. The third kappa shape index (κ3) is 2.08. The van der Waals surface area contributed by atoms with Crippen LogP contribution in [0.25, 0.3) is 0 Å². The summed E-state index contributed by atoms with van der Waals surface area (Å²) in [7, 11) is 0. The van der Waals surface area contributed by atoms with Crippen LogP contribution in [0.15, 0.2) is 29.3 Å². The Hall–Kier alpha value is -2.28. The van der Waals surface area contributed by atoms with Crippen molar-refractivity contribution in [2.45, 2.75) is 24.8 Å². The monoisotopic (exact) mass is 253 g/mol. The summed E-state index contributed by atoms with van der Waals surface area (Å²) >= 11 is 0. The van der Waals surface area contributed by atoms with Crippen molar-refractivity contribution in [3.8, 4) is 12.3 Å². The van der Waals surface area contributed by atoms with E-state index in [9.17, 15) is 4.79 Å². The Bertz CT molecular complexity index is 578. The second-order valence-electron chi connectivity index (χ2n) is 4.99. The molecule has 3 rings (SSSR count). The van der Waals surface area contributed by atoms with Crippen LogP contribution < -0.4 is 5.73 Å². The molecule has 96 valence electrons. The minimum absolute atomic E-state index is 0.220. The van der Waals surface area contributed by atoms with Crippen LogP contribution in [0, 0.1) is 12.3 Å². The highest BCUT2D eigenvalue weighted by Crippen LogP contribution is 2.40. The first kappa shape index (κ1) is 11.8. The van der Waals surface area contributed by atoms with E-state index < -0.39 is 0 Å². The van der Waals surface area contributed by atoms with E-state index in [1.165, 1.54) is 23.3 Å². The fourth-order valence-electron chi connectivity index (χ4n) is 2.48. The zero-order chi connectivity index (χ0) is 13.4. The maximum absolute atomic E-state index is 11.7. The Morgan fingerprint density at radius 2 is 1.95 bits per heavy atom. The van der Waals surface area contributed by atoms with Gasteiger partial charge in [0.2, 0.25) is 0 Å². The van der Waals surface area contributed by atoms with E-state index in [0.29, 0.717) is 11.8 Å². The van der Waals surface area contributed by atoms with Crippen LogP contribution >= 0.6 is 0 Å². The number of nitrogens with two attached hydrogens (primary N) is 1. The number of carbonyl (C=O) groups excluding carboxylic acids is 1. The number of aliphatic imine (C=N–C) groups is 1. The minimum atomic E-state index is -0.355. The quantitative estimate of drug-likeness (QED) is 0.838. The molecule has 0 spiro atoms. The van der Waals surface area contributed by atoms with Gasteiger partial charge in [-0.25, -0.2) is 4.79 Å². The molecular weight excluding hydrogens is 238 g/mol. The summed E-state index contributed by atoms with van der Waals surface area (Å²) in [6, 6.07) is 7.57. The smallest absolute Gasteiger partial charge is 0.346 e. The fraction of sp³-hybridized carbons (Fsp3) is 0.333. The second kappa shape index (κ2) is 4.43. The highest BCUT2D eigenvalue weighted by atomic mass is 16.2. The summed E-state index contributed by atoms with van der Waals surface area (Å²) in [4.78, 5) is 17.0. The van der Waals surface area contributed by atoms with Gasteiger partial charge in [-0.2, -0.15) is 4.99 Å². The van der Waals surface area contributed by atoms with Gasteiger partial charge < -0.3 is 5.73 Å². The van der Waals surface area contributed by atoms with E-state index >= 15 is 0 Å². The maximum atomic E-state index is 11.7. The molecule has 2 amide bonds. The van der Waals surface area contributed by atoms with E-state index in [1.54, 1.807) is 0 Å². The number of amidine groups is 1. The van der Waals surface area contributed by atoms with Gasteiger partial charge in [0.25, 0.3) is 0 Å². The highest BCUT2D eigenvalue weighted by Gasteiger charge is 2.34. The SMILES string of the molecule is C#CCN1C(=O)N=C(N)C1c1ccc(C2CC2)cc1. The van der Waals surface area contributed by atoms with Crippen molar-refractivity contribution in [2.75, 3.05) is 6.54 Å². The molecule has 2 aliphatic rings. The van der Waals surface area contributed by atoms with Crippen molar-refractivity contribution in [1.82, 2.24) is 4.90 Å². The first-order valence-corrected chi connectivity index (χ1v) is 6.38. The van der Waals surface area contributed by atoms with Crippen molar-refractivity contribution in [1.29, 1.82) is 0 Å². The van der Waals surface area contributed by atoms with Gasteiger partial charge in [0.1, 0.15) is 11.9 Å². The van der Waals surface area contributed by atoms with Crippen molar-refractivity contribution < 1.29 is 4.79 Å². The standard InChI is InChI=1S/C15H15N3O/c1-2-9-18-13(14(16)17-15(18)19)12-7-5-11(6-8-12)10-3-4-10/h1,5-8,10,13H,3-4,9H2,(H2,16,17,19). The topological polar surface area (TPSA) is 58.7 Å². The van der Waals surface area contributed by atoms with Crippen molar-refractivity contribution in [3.63, 3.8) is 0 Å². The van der Waals surface area contributed by atoms with Gasteiger partial charge in [-0.05, 0) is 29.9 Å². The summed E-state index contributed by atoms with van der Waals surface area (Å²) in [5, 5.41) is 0. The summed E-state index contributed by atoms with van der Waals surface area (Å²) in [5.41, 5.74) is 8.17. The normalized spacial score (nSPS) is 22.3. The number of hydrogen-bond acceptors (Lipinski definition) is 2. The lowest BCUT2D eigenvalue weighted by Crippen LogP contribution is -2.33. The Morgan fingerprint density at radius 3 is 2.53 bits per heavy atom. The Kier molecular flexibility index (Phi) is 2.75. The van der Waals surface area contributed by atoms with E-state index in [-0.39, 0.29) is 18.6 Å². The van der Waals surface area contributed by atoms with Crippen LogP contribution in [-0.2, 0) is 0 Å². The second-order valence-corrected chi connectivity index (χ2v) is 4.99. The molecule has 0 radical (unpaired) electrons. The first-order valence-electron chi connectivity index (χ1n) is 6.38. The molecular formula is C15H15N3O. The van der Waals surface area contributed by atoms with Gasteiger partial charge in [-0.1, -0.05) is 30.2 Å². The lowest BCUT2D eigenvalue weighted by atomic mass is 10.0. The van der Waals surface area contributed by atoms with Crippen LogP contribution in [-0.4, -0.2) is 23.3 Å². The van der Waals surface area contributed by atoms with E-state index in [2.05, 4.69) is 23.0 Å². The molecule has 1 heterocycles. The van der Waals surface area contributed by atoms with Gasteiger partial charge in [0.05, 0.1) is 6.54 Å². The van der Waals surface area contributed by atoms with Crippen LogP contribution in [0.5, 0.6) is 0 Å². The third-order valence-corrected chi connectivity index (χ3v) is 3.62. The van der Waals surface area contributed by atoms with E-state index in [0.717, 1.165) is 5.56 Å². The van der Waals surface area contributed by atoms with Crippen molar-refractivity contribution in [2.24, 2.45) is 10.7 Å². The number of terminal acetylenes is 1. The summed E-state index contributed by atoms with van der Waals surface area (Å²) in [5.74, 6) is 3.51. The molecule has 0 aromatic heterocycles. The van der Waals surface area contributed by atoms with Gasteiger partial charge in [0.15, 0.2) is 0 Å². The molecule has 0 bridgehead atoms. The van der Waals surface area contributed by atoms with Crippen LogP contribution in [0.2, 0.25) is 0 Å². The Labute approximate surface area is 112 Å². The van der Waals surface area contributed by atoms with Crippen molar-refractivity contribution in [3.05, 3.63) is 35.4 Å². The van der Waals surface area contributed by atoms with E-state index in [1.807, 2.05) is 12.1 Å². The van der Waals surface area contributed by atoms with Gasteiger partial charge in [-0.3, -0.25) is 4.90 Å². The molecule has 1 aliphatic carbocycles. The number of carbonyl (C=O) groups is 1. The first-order chi connectivity index (χ1) is 9.20. The molecule has 1 aliphatic heterocycles. The van der Waals surface area contributed by atoms with Crippen molar-refractivity contribution >= 4 is 11.9 Å². The fourth-order valence-corrected chi connectivity index (χ4v) is 2.48. The molecule has 1 aromatic rings. The zero-order valence-corrected chi connectivity index (χ0v) is 10.5. The molecule has 1 saturated carbocycles. The average Bonchev–Trinajstić information content (AvgIpc) is 3.19. The molecule has 1 fully saturated rings. The van der Waals surface area contributed by atoms with Gasteiger partial charge in [0, 0.05) is 0 Å². The predicted octanol–water partition coefficient (Wildman–Crippen LogP) is 2.03. The van der Waals surface area contributed by atoms with Gasteiger partial charge in [-0.15, -0.1) is 6.42 Å². The zero-order valence-electron chi connectivity index (χ0n) is 10.5. The molecule has 1 unspecified atom stereocenters. The molecule has 2 N–H and O–H groups in total. The van der Waals surface area contributed by atoms with E-state index in [4.69, 9.17) is 12.2 Å². The maximum Gasteiger partial charge on any atom is 0.346 e. The molecule has 0 saturated heterocycles. The average molecular weight is 253 g/mol. The molecule has 1 atom stereocenters. The minimum Gasteiger partial charge on any atom is -0.385 e. The third-order valence-electron chi connectivity index (χ3n) is 3.62. The lowest BCUT2D eigenvalue weighted by molar-refractivity contribution is 0.213. The number of rotatable bonds is 3. The predicted molar refractivity (Wildman–Crippen MR) is 73.7 cm³/mol. The Morgan fingerprint density at radius 1 is 1.32 bits per heavy atom. The number of urea groups is 1. The number of benzene rings is 1. The highest BCUT2D eigenvalue weighted by molar-refractivity contribution is 6.03. The summed E-state index contributed by atoms with van der Waals surface area (Å²) in [6.45, 7) is 0.220. The lowest BCUT2D eigenvalue weighted by Gasteiger charge is -2.22. The van der Waals surface area contributed by atoms with Gasteiger partial charge >= 0.3 is 6.03 Å². The largest absolute Gasteiger partial charge is 0.385 e. The molecule has 19 heavy (non-hydrogen) atoms. The number of amides is 2. The number of hydrogen-bond donors (Lipinski definition) is 1. The van der Waals surface area contributed by atoms with Crippen LogP contribution in [0.1, 0.15) is 35.9 Å². The number of nitrogens with zero attached hydrogens (tertiary/aromatic N) is 2. The summed E-state index contributed by atoms with van der Waals surface area (Å²) < 4.78 is 0. The Balaban J connectivity index is 1.88. The summed E-state index contributed by atoms with van der Waals surface area (Å²) in [6.07, 6.45) is 7.84. The molecule has 1 aromatic carbocycles. The van der Waals surface area contributed by atoms with Crippen LogP contribution in [0.4, 0.5) is 4.79 Å². The molecule has 4 nitrogen and oxygen atoms in total.